The molecule has 0 radical (unpaired) electrons. The third-order valence-corrected chi connectivity index (χ3v) is 5.37. The Labute approximate surface area is 142 Å². The van der Waals surface area contributed by atoms with Crippen molar-refractivity contribution in [1.29, 1.82) is 0 Å². The molecule has 1 saturated heterocycles. The standard InChI is InChI=1S/C18H24ClNO3/c1-12-16(18(21)22)10-13(19)11-17(12)23-15-6-4-14(5-7-15)20-8-2-3-9-20/h10-11,14-15H,2-9H2,1H3,(H,21,22). The highest BCUT2D eigenvalue weighted by Gasteiger charge is 2.28. The van der Waals surface area contributed by atoms with Gasteiger partial charge in [-0.25, -0.2) is 4.79 Å². The van der Waals surface area contributed by atoms with Gasteiger partial charge in [0.1, 0.15) is 5.75 Å². The van der Waals surface area contributed by atoms with Crippen molar-refractivity contribution in [3.05, 3.63) is 28.3 Å². The molecule has 0 amide bonds. The molecule has 126 valence electrons. The van der Waals surface area contributed by atoms with Crippen LogP contribution in [0.25, 0.3) is 0 Å². The summed E-state index contributed by atoms with van der Waals surface area (Å²) < 4.78 is 6.10. The molecule has 2 fully saturated rings. The maximum absolute atomic E-state index is 11.3. The molecule has 0 aromatic heterocycles. The van der Waals surface area contributed by atoms with Crippen LogP contribution in [0.5, 0.6) is 5.75 Å². The van der Waals surface area contributed by atoms with Crippen LogP contribution >= 0.6 is 11.6 Å². The first-order valence-electron chi connectivity index (χ1n) is 8.48. The van der Waals surface area contributed by atoms with Crippen LogP contribution in [-0.4, -0.2) is 41.2 Å². The summed E-state index contributed by atoms with van der Waals surface area (Å²) >= 11 is 6.04. The summed E-state index contributed by atoms with van der Waals surface area (Å²) in [5.74, 6) is -0.355. The zero-order chi connectivity index (χ0) is 16.4. The van der Waals surface area contributed by atoms with E-state index in [4.69, 9.17) is 16.3 Å². The summed E-state index contributed by atoms with van der Waals surface area (Å²) in [5.41, 5.74) is 0.877. The second-order valence-electron chi connectivity index (χ2n) is 6.67. The molecule has 0 bridgehead atoms. The van der Waals surface area contributed by atoms with Gasteiger partial charge in [-0.15, -0.1) is 0 Å². The average Bonchev–Trinajstić information content (AvgIpc) is 3.05. The summed E-state index contributed by atoms with van der Waals surface area (Å²) in [6.07, 6.45) is 7.19. The summed E-state index contributed by atoms with van der Waals surface area (Å²) in [6, 6.07) is 3.92. The molecule has 0 atom stereocenters. The topological polar surface area (TPSA) is 49.8 Å². The van der Waals surface area contributed by atoms with E-state index >= 15 is 0 Å². The fourth-order valence-electron chi connectivity index (χ4n) is 3.81. The molecule has 0 unspecified atom stereocenters. The number of carboxylic acids is 1. The van der Waals surface area contributed by atoms with Crippen molar-refractivity contribution in [2.24, 2.45) is 0 Å². The third kappa shape index (κ3) is 3.81. The first-order valence-corrected chi connectivity index (χ1v) is 8.86. The molecule has 2 aliphatic rings. The van der Waals surface area contributed by atoms with Crippen molar-refractivity contribution in [3.8, 4) is 5.75 Å². The summed E-state index contributed by atoms with van der Waals surface area (Å²) in [4.78, 5) is 13.9. The molecule has 1 aliphatic carbocycles. The number of carboxylic acid groups (broad SMARTS) is 1. The molecule has 5 heteroatoms. The van der Waals surface area contributed by atoms with Crippen LogP contribution < -0.4 is 4.74 Å². The number of ether oxygens (including phenoxy) is 1. The van der Waals surface area contributed by atoms with Crippen LogP contribution in [0, 0.1) is 6.92 Å². The van der Waals surface area contributed by atoms with Crippen molar-refractivity contribution in [1.82, 2.24) is 4.90 Å². The van der Waals surface area contributed by atoms with Crippen molar-refractivity contribution in [3.63, 3.8) is 0 Å². The maximum atomic E-state index is 11.3. The minimum atomic E-state index is -0.965. The Morgan fingerprint density at radius 1 is 1.22 bits per heavy atom. The van der Waals surface area contributed by atoms with Crippen LogP contribution in [0.3, 0.4) is 0 Å². The summed E-state index contributed by atoms with van der Waals surface area (Å²) in [7, 11) is 0. The van der Waals surface area contributed by atoms with Crippen molar-refractivity contribution < 1.29 is 14.6 Å². The van der Waals surface area contributed by atoms with Crippen LogP contribution in [0.15, 0.2) is 12.1 Å². The molecule has 1 heterocycles. The lowest BCUT2D eigenvalue weighted by molar-refractivity contribution is 0.0693. The number of benzene rings is 1. The zero-order valence-corrected chi connectivity index (χ0v) is 14.3. The predicted octanol–water partition coefficient (Wildman–Crippen LogP) is 4.13. The van der Waals surface area contributed by atoms with Gasteiger partial charge in [0.2, 0.25) is 0 Å². The van der Waals surface area contributed by atoms with Crippen LogP contribution in [0.1, 0.15) is 54.4 Å². The number of rotatable bonds is 4. The largest absolute Gasteiger partial charge is 0.490 e. The quantitative estimate of drug-likeness (QED) is 0.897. The van der Waals surface area contributed by atoms with Crippen LogP contribution in [-0.2, 0) is 0 Å². The van der Waals surface area contributed by atoms with Crippen LogP contribution in [0.2, 0.25) is 5.02 Å². The molecule has 23 heavy (non-hydrogen) atoms. The van der Waals surface area contributed by atoms with Gasteiger partial charge in [-0.1, -0.05) is 11.6 Å². The minimum absolute atomic E-state index is 0.160. The first kappa shape index (κ1) is 16.6. The fourth-order valence-corrected chi connectivity index (χ4v) is 4.02. The number of hydrogen-bond donors (Lipinski definition) is 1. The van der Waals surface area contributed by atoms with Gasteiger partial charge < -0.3 is 14.7 Å². The maximum Gasteiger partial charge on any atom is 0.336 e. The molecule has 1 aliphatic heterocycles. The highest BCUT2D eigenvalue weighted by Crippen LogP contribution is 2.32. The number of carbonyl (C=O) groups is 1. The van der Waals surface area contributed by atoms with Gasteiger partial charge in [0.25, 0.3) is 0 Å². The fraction of sp³-hybridized carbons (Fsp3) is 0.611. The number of halogens is 1. The Balaban J connectivity index is 1.63. The normalized spacial score (nSPS) is 25.5. The molecule has 0 spiro atoms. The highest BCUT2D eigenvalue weighted by molar-refractivity contribution is 6.31. The minimum Gasteiger partial charge on any atom is -0.490 e. The zero-order valence-electron chi connectivity index (χ0n) is 13.6. The van der Waals surface area contributed by atoms with Gasteiger partial charge in [0.05, 0.1) is 11.7 Å². The SMILES string of the molecule is Cc1c(OC2CCC(N3CCCC3)CC2)cc(Cl)cc1C(=O)O. The van der Waals surface area contributed by atoms with Gasteiger partial charge in [-0.3, -0.25) is 0 Å². The van der Waals surface area contributed by atoms with Gasteiger partial charge in [0, 0.05) is 16.6 Å². The van der Waals surface area contributed by atoms with E-state index in [2.05, 4.69) is 4.90 Å². The average molecular weight is 338 g/mol. The molecule has 1 N–H and O–H groups in total. The Kier molecular flexibility index (Phi) is 5.12. The lowest BCUT2D eigenvalue weighted by Crippen LogP contribution is -2.38. The Morgan fingerprint density at radius 3 is 2.48 bits per heavy atom. The van der Waals surface area contributed by atoms with Gasteiger partial charge in [0.15, 0.2) is 0 Å². The smallest absolute Gasteiger partial charge is 0.336 e. The van der Waals surface area contributed by atoms with E-state index in [1.54, 1.807) is 13.0 Å². The molecule has 1 saturated carbocycles. The summed E-state index contributed by atoms with van der Waals surface area (Å²) in [6.45, 7) is 4.27. The molecular weight excluding hydrogens is 314 g/mol. The molecule has 1 aromatic carbocycles. The molecule has 3 rings (SSSR count). The van der Waals surface area contributed by atoms with E-state index in [9.17, 15) is 9.90 Å². The van der Waals surface area contributed by atoms with Gasteiger partial charge in [-0.2, -0.15) is 0 Å². The predicted molar refractivity (Wildman–Crippen MR) is 90.6 cm³/mol. The summed E-state index contributed by atoms with van der Waals surface area (Å²) in [5, 5.41) is 9.67. The Morgan fingerprint density at radius 2 is 1.87 bits per heavy atom. The molecule has 4 nitrogen and oxygen atoms in total. The lowest BCUT2D eigenvalue weighted by Gasteiger charge is -2.34. The molecular formula is C18H24ClNO3. The highest BCUT2D eigenvalue weighted by atomic mass is 35.5. The van der Waals surface area contributed by atoms with Crippen molar-refractivity contribution in [2.45, 2.75) is 57.6 Å². The van der Waals surface area contributed by atoms with E-state index in [0.29, 0.717) is 22.4 Å². The van der Waals surface area contributed by atoms with Crippen molar-refractivity contribution >= 4 is 17.6 Å². The van der Waals surface area contributed by atoms with E-state index in [-0.39, 0.29) is 11.7 Å². The number of aromatic carboxylic acids is 1. The Bertz CT molecular complexity index is 576. The van der Waals surface area contributed by atoms with E-state index in [1.165, 1.54) is 32.0 Å². The van der Waals surface area contributed by atoms with Crippen molar-refractivity contribution in [2.75, 3.05) is 13.1 Å². The number of nitrogens with zero attached hydrogens (tertiary/aromatic N) is 1. The van der Waals surface area contributed by atoms with E-state index < -0.39 is 5.97 Å². The monoisotopic (exact) mass is 337 g/mol. The third-order valence-electron chi connectivity index (χ3n) is 5.15. The lowest BCUT2D eigenvalue weighted by atomic mass is 9.92. The van der Waals surface area contributed by atoms with E-state index in [1.807, 2.05) is 0 Å². The molecule has 1 aromatic rings. The number of likely N-dealkylation sites (tertiary alicyclic amines) is 1. The second-order valence-corrected chi connectivity index (χ2v) is 7.11. The van der Waals surface area contributed by atoms with E-state index in [0.717, 1.165) is 25.7 Å². The van der Waals surface area contributed by atoms with Crippen LogP contribution in [0.4, 0.5) is 0 Å². The first-order chi connectivity index (χ1) is 11.0. The van der Waals surface area contributed by atoms with Gasteiger partial charge >= 0.3 is 5.97 Å². The second kappa shape index (κ2) is 7.10. The Hall–Kier alpha value is -1.26. The van der Waals surface area contributed by atoms with Gasteiger partial charge in [-0.05, 0) is 70.7 Å². The number of hydrogen-bond acceptors (Lipinski definition) is 3.